The number of aromatic amines is 1. The molecule has 2 heterocycles. The average Bonchev–Trinajstić information content (AvgIpc) is 3.03. The number of ether oxygens (including phenoxy) is 1. The van der Waals surface area contributed by atoms with E-state index in [9.17, 15) is 18.8 Å². The van der Waals surface area contributed by atoms with Crippen molar-refractivity contribution in [3.8, 4) is 22.6 Å². The van der Waals surface area contributed by atoms with E-state index in [4.69, 9.17) is 4.74 Å². The van der Waals surface area contributed by atoms with Crippen molar-refractivity contribution < 1.29 is 23.1 Å². The largest absolute Gasteiger partial charge is 0.454 e. The van der Waals surface area contributed by atoms with E-state index in [1.165, 1.54) is 48.8 Å². The molecule has 2 aromatic heterocycles. The van der Waals surface area contributed by atoms with Crippen molar-refractivity contribution in [1.29, 1.82) is 0 Å². The SMILES string of the molecule is CN(C)CCNC(=O)c1ccc(-c2cnccc2Oc2ccc(N(C(=O)c3ccc[nH]c3=O)c3ccc(F)cc3)cc2F)cc1. The lowest BCUT2D eigenvalue weighted by Gasteiger charge is -2.23. The van der Waals surface area contributed by atoms with E-state index in [-0.39, 0.29) is 28.6 Å². The van der Waals surface area contributed by atoms with E-state index in [0.717, 1.165) is 23.1 Å². The molecule has 0 atom stereocenters. The number of benzene rings is 3. The quantitative estimate of drug-likeness (QED) is 0.208. The predicted octanol–water partition coefficient (Wildman–Crippen LogP) is 5.78. The molecule has 5 rings (SSSR count). The number of hydrogen-bond acceptors (Lipinski definition) is 6. The predicted molar refractivity (Wildman–Crippen MR) is 167 cm³/mol. The third-order valence-corrected chi connectivity index (χ3v) is 6.81. The Hall–Kier alpha value is -5.68. The summed E-state index contributed by atoms with van der Waals surface area (Å²) < 4.78 is 35.2. The smallest absolute Gasteiger partial charge is 0.268 e. The molecular formula is C34H29F2N5O4. The van der Waals surface area contributed by atoms with Crippen LogP contribution < -0.4 is 20.5 Å². The normalized spacial score (nSPS) is 10.9. The van der Waals surface area contributed by atoms with Crippen LogP contribution >= 0.6 is 0 Å². The summed E-state index contributed by atoms with van der Waals surface area (Å²) in [6, 6.07) is 20.2. The number of carbonyl (C=O) groups is 2. The molecule has 2 amide bonds. The van der Waals surface area contributed by atoms with Crippen molar-refractivity contribution in [3.05, 3.63) is 137 Å². The molecule has 0 unspecified atom stereocenters. The van der Waals surface area contributed by atoms with Gasteiger partial charge in [-0.15, -0.1) is 0 Å². The number of aromatic nitrogens is 2. The molecule has 0 saturated carbocycles. The molecule has 45 heavy (non-hydrogen) atoms. The van der Waals surface area contributed by atoms with Gasteiger partial charge in [-0.3, -0.25) is 24.3 Å². The van der Waals surface area contributed by atoms with Gasteiger partial charge in [-0.05, 0) is 86.4 Å². The van der Waals surface area contributed by atoms with Crippen LogP contribution in [0, 0.1) is 11.6 Å². The van der Waals surface area contributed by atoms with Gasteiger partial charge in [0.2, 0.25) is 0 Å². The van der Waals surface area contributed by atoms with Gasteiger partial charge in [-0.2, -0.15) is 0 Å². The Morgan fingerprint density at radius 3 is 2.33 bits per heavy atom. The summed E-state index contributed by atoms with van der Waals surface area (Å²) >= 11 is 0. The van der Waals surface area contributed by atoms with E-state index in [0.29, 0.717) is 35.5 Å². The Morgan fingerprint density at radius 2 is 1.64 bits per heavy atom. The third-order valence-electron chi connectivity index (χ3n) is 6.81. The first kappa shape index (κ1) is 30.8. The number of nitrogens with one attached hydrogen (secondary N) is 2. The summed E-state index contributed by atoms with van der Waals surface area (Å²) in [6.45, 7) is 1.23. The zero-order valence-electron chi connectivity index (χ0n) is 24.5. The standard InChI is InChI=1S/C34H29F2N5O4/c1-40(2)19-18-39-32(42)23-7-5-22(6-8-23)28-21-37-17-15-30(28)45-31-14-13-26(20-29(31)36)41(25-11-9-24(35)10-12-25)34(44)27-4-3-16-38-33(27)43/h3-17,20-21H,18-19H2,1-2H3,(H,38,43)(H,39,42). The Labute approximate surface area is 257 Å². The van der Waals surface area contributed by atoms with Crippen LogP contribution in [0.1, 0.15) is 20.7 Å². The van der Waals surface area contributed by atoms with Crippen molar-refractivity contribution in [3.63, 3.8) is 0 Å². The molecule has 11 heteroatoms. The summed E-state index contributed by atoms with van der Waals surface area (Å²) in [5, 5.41) is 2.87. The Bertz CT molecular complexity index is 1880. The lowest BCUT2D eigenvalue weighted by atomic mass is 10.0. The highest BCUT2D eigenvalue weighted by Gasteiger charge is 2.24. The van der Waals surface area contributed by atoms with Gasteiger partial charge in [-0.25, -0.2) is 8.78 Å². The molecule has 0 aliphatic carbocycles. The molecular weight excluding hydrogens is 580 g/mol. The third kappa shape index (κ3) is 7.28. The Balaban J connectivity index is 1.41. The van der Waals surface area contributed by atoms with Gasteiger partial charge in [0.15, 0.2) is 11.6 Å². The van der Waals surface area contributed by atoms with Gasteiger partial charge in [0, 0.05) is 54.6 Å². The van der Waals surface area contributed by atoms with Crippen molar-refractivity contribution in [1.82, 2.24) is 20.2 Å². The second-order valence-electron chi connectivity index (χ2n) is 10.3. The monoisotopic (exact) mass is 609 g/mol. The van der Waals surface area contributed by atoms with Gasteiger partial charge in [0.1, 0.15) is 17.1 Å². The van der Waals surface area contributed by atoms with E-state index in [1.807, 2.05) is 19.0 Å². The average molecular weight is 610 g/mol. The zero-order valence-corrected chi connectivity index (χ0v) is 24.5. The lowest BCUT2D eigenvalue weighted by Crippen LogP contribution is -2.31. The summed E-state index contributed by atoms with van der Waals surface area (Å²) in [5.74, 6) is -2.07. The van der Waals surface area contributed by atoms with E-state index >= 15 is 4.39 Å². The van der Waals surface area contributed by atoms with E-state index < -0.39 is 23.1 Å². The number of carbonyl (C=O) groups excluding carboxylic acids is 2. The number of rotatable bonds is 10. The number of nitrogens with zero attached hydrogens (tertiary/aromatic N) is 3. The maximum absolute atomic E-state index is 15.6. The number of amides is 2. The highest BCUT2D eigenvalue weighted by atomic mass is 19.1. The number of anilines is 2. The fraction of sp³-hybridized carbons (Fsp3) is 0.118. The van der Waals surface area contributed by atoms with Crippen LogP contribution in [-0.2, 0) is 0 Å². The van der Waals surface area contributed by atoms with Gasteiger partial charge in [0.05, 0.1) is 5.69 Å². The highest BCUT2D eigenvalue weighted by molar-refractivity contribution is 6.10. The molecule has 3 aromatic carbocycles. The second-order valence-corrected chi connectivity index (χ2v) is 10.3. The van der Waals surface area contributed by atoms with Crippen LogP contribution in [0.25, 0.3) is 11.1 Å². The minimum atomic E-state index is -0.790. The molecule has 0 fully saturated rings. The Morgan fingerprint density at radius 1 is 0.911 bits per heavy atom. The molecule has 0 radical (unpaired) electrons. The first-order valence-corrected chi connectivity index (χ1v) is 13.9. The lowest BCUT2D eigenvalue weighted by molar-refractivity contribution is 0.0949. The van der Waals surface area contributed by atoms with Gasteiger partial charge in [0.25, 0.3) is 17.4 Å². The van der Waals surface area contributed by atoms with E-state index in [1.54, 1.807) is 36.5 Å². The van der Waals surface area contributed by atoms with Crippen LogP contribution in [0.4, 0.5) is 20.2 Å². The van der Waals surface area contributed by atoms with Crippen LogP contribution in [0.2, 0.25) is 0 Å². The molecule has 0 aliphatic rings. The van der Waals surface area contributed by atoms with Crippen molar-refractivity contribution in [2.24, 2.45) is 0 Å². The minimum absolute atomic E-state index is 0.0918. The van der Waals surface area contributed by atoms with Crippen molar-refractivity contribution >= 4 is 23.2 Å². The molecule has 9 nitrogen and oxygen atoms in total. The zero-order chi connectivity index (χ0) is 31.9. The van der Waals surface area contributed by atoms with E-state index in [2.05, 4.69) is 15.3 Å². The second kappa shape index (κ2) is 13.7. The molecule has 0 aliphatic heterocycles. The van der Waals surface area contributed by atoms with Gasteiger partial charge < -0.3 is 19.9 Å². The fourth-order valence-corrected chi connectivity index (χ4v) is 4.50. The number of likely N-dealkylation sites (N-methyl/N-ethyl adjacent to an activating group) is 1. The molecule has 5 aromatic rings. The van der Waals surface area contributed by atoms with Crippen molar-refractivity contribution in [2.75, 3.05) is 32.1 Å². The van der Waals surface area contributed by atoms with Crippen LogP contribution in [0.5, 0.6) is 11.5 Å². The van der Waals surface area contributed by atoms with Crippen LogP contribution in [0.3, 0.4) is 0 Å². The summed E-state index contributed by atoms with van der Waals surface area (Å²) in [5.41, 5.74) is 1.26. The highest BCUT2D eigenvalue weighted by Crippen LogP contribution is 2.36. The topological polar surface area (TPSA) is 108 Å². The molecule has 2 N–H and O–H groups in total. The minimum Gasteiger partial charge on any atom is -0.454 e. The fourth-order valence-electron chi connectivity index (χ4n) is 4.50. The number of hydrogen-bond donors (Lipinski definition) is 2. The van der Waals surface area contributed by atoms with Gasteiger partial charge in [-0.1, -0.05) is 12.1 Å². The maximum Gasteiger partial charge on any atom is 0.268 e. The van der Waals surface area contributed by atoms with Crippen LogP contribution in [0.15, 0.2) is 108 Å². The van der Waals surface area contributed by atoms with Gasteiger partial charge >= 0.3 is 0 Å². The van der Waals surface area contributed by atoms with Crippen LogP contribution in [-0.4, -0.2) is 53.9 Å². The summed E-state index contributed by atoms with van der Waals surface area (Å²) in [6.07, 6.45) is 4.46. The summed E-state index contributed by atoms with van der Waals surface area (Å²) in [7, 11) is 3.85. The molecule has 0 spiro atoms. The number of halogens is 2. The molecule has 0 saturated heterocycles. The Kier molecular flexibility index (Phi) is 9.40. The first-order valence-electron chi connectivity index (χ1n) is 13.9. The molecule has 228 valence electrons. The number of pyridine rings is 2. The maximum atomic E-state index is 15.6. The first-order chi connectivity index (χ1) is 21.7. The van der Waals surface area contributed by atoms with Crippen molar-refractivity contribution in [2.45, 2.75) is 0 Å². The molecule has 0 bridgehead atoms. The number of H-pyrrole nitrogens is 1. The summed E-state index contributed by atoms with van der Waals surface area (Å²) in [4.78, 5) is 48.1.